The number of carbonyl (C=O) groups is 1. The molecule has 1 N–H and O–H groups in total. The molecule has 4 aromatic rings. The third kappa shape index (κ3) is 4.41. The maximum atomic E-state index is 12.3. The van der Waals surface area contributed by atoms with Crippen molar-refractivity contribution in [2.75, 3.05) is 11.9 Å². The molecule has 0 radical (unpaired) electrons. The molecular weight excluding hydrogens is 350 g/mol. The summed E-state index contributed by atoms with van der Waals surface area (Å²) in [6.07, 6.45) is 0.367. The molecule has 0 saturated heterocycles. The summed E-state index contributed by atoms with van der Waals surface area (Å²) < 4.78 is 11.4. The molecule has 28 heavy (non-hydrogen) atoms. The van der Waals surface area contributed by atoms with Gasteiger partial charge in [0, 0.05) is 24.0 Å². The first-order valence-corrected chi connectivity index (χ1v) is 9.30. The van der Waals surface area contributed by atoms with Crippen molar-refractivity contribution in [3.05, 3.63) is 96.3 Å². The Labute approximate surface area is 163 Å². The van der Waals surface area contributed by atoms with Gasteiger partial charge in [-0.05, 0) is 42.0 Å². The topological polar surface area (TPSA) is 51.5 Å². The third-order valence-corrected chi connectivity index (χ3v) is 4.48. The van der Waals surface area contributed by atoms with E-state index in [1.165, 1.54) is 0 Å². The molecule has 140 valence electrons. The van der Waals surface area contributed by atoms with Crippen molar-refractivity contribution in [3.63, 3.8) is 0 Å². The second-order valence-corrected chi connectivity index (χ2v) is 6.55. The first kappa shape index (κ1) is 17.9. The normalized spacial score (nSPS) is 10.7. The lowest BCUT2D eigenvalue weighted by atomic mass is 10.2. The molecule has 0 amide bonds. The molecule has 4 rings (SSSR count). The minimum Gasteiger partial charge on any atom is -0.489 e. The number of nitrogens with one attached hydrogen (secondary N) is 1. The Morgan fingerprint density at radius 3 is 2.43 bits per heavy atom. The van der Waals surface area contributed by atoms with E-state index in [2.05, 4.69) is 5.32 Å². The van der Waals surface area contributed by atoms with Gasteiger partial charge < -0.3 is 14.5 Å². The monoisotopic (exact) mass is 371 g/mol. The van der Waals surface area contributed by atoms with Crippen LogP contribution in [-0.2, 0) is 6.61 Å². The van der Waals surface area contributed by atoms with Gasteiger partial charge in [-0.15, -0.1) is 0 Å². The molecular formula is C24H21NO3. The second kappa shape index (κ2) is 8.44. The lowest BCUT2D eigenvalue weighted by molar-refractivity contribution is 0.0962. The number of carbonyl (C=O) groups excluding carboxylic acids is 1. The molecule has 0 aliphatic heterocycles. The smallest absolute Gasteiger partial charge is 0.199 e. The molecule has 0 aliphatic carbocycles. The van der Waals surface area contributed by atoms with Crippen LogP contribution in [0.25, 0.3) is 11.0 Å². The Balaban J connectivity index is 1.26. The number of para-hydroxylation sites is 1. The Hall–Kier alpha value is -3.53. The molecule has 0 fully saturated rings. The van der Waals surface area contributed by atoms with Gasteiger partial charge in [0.15, 0.2) is 11.5 Å². The number of furan rings is 1. The zero-order valence-electron chi connectivity index (χ0n) is 15.4. The van der Waals surface area contributed by atoms with Gasteiger partial charge in [0.05, 0.1) is 0 Å². The fourth-order valence-corrected chi connectivity index (χ4v) is 2.97. The fourth-order valence-electron chi connectivity index (χ4n) is 2.97. The quantitative estimate of drug-likeness (QED) is 0.404. The minimum absolute atomic E-state index is 0.00786. The molecule has 1 heterocycles. The average Bonchev–Trinajstić information content (AvgIpc) is 3.18. The zero-order valence-corrected chi connectivity index (χ0v) is 15.4. The lowest BCUT2D eigenvalue weighted by Crippen LogP contribution is -2.08. The van der Waals surface area contributed by atoms with Crippen LogP contribution in [0, 0.1) is 0 Å². The van der Waals surface area contributed by atoms with Gasteiger partial charge in [0.2, 0.25) is 0 Å². The molecule has 1 aromatic heterocycles. The highest BCUT2D eigenvalue weighted by Crippen LogP contribution is 2.20. The van der Waals surface area contributed by atoms with E-state index in [0.29, 0.717) is 25.3 Å². The molecule has 4 heteroatoms. The molecule has 0 aliphatic rings. The van der Waals surface area contributed by atoms with Crippen molar-refractivity contribution < 1.29 is 13.9 Å². The van der Waals surface area contributed by atoms with E-state index in [0.717, 1.165) is 28.0 Å². The number of hydrogen-bond donors (Lipinski definition) is 1. The van der Waals surface area contributed by atoms with Crippen molar-refractivity contribution >= 4 is 22.4 Å². The summed E-state index contributed by atoms with van der Waals surface area (Å²) >= 11 is 0. The predicted octanol–water partition coefficient (Wildman–Crippen LogP) is 5.70. The number of ether oxygens (including phenoxy) is 1. The van der Waals surface area contributed by atoms with Crippen LogP contribution in [0.2, 0.25) is 0 Å². The van der Waals surface area contributed by atoms with Crippen LogP contribution >= 0.6 is 0 Å². The van der Waals surface area contributed by atoms with Crippen LogP contribution in [-0.4, -0.2) is 12.3 Å². The van der Waals surface area contributed by atoms with E-state index in [4.69, 9.17) is 9.15 Å². The molecule has 0 unspecified atom stereocenters. The summed E-state index contributed by atoms with van der Waals surface area (Å²) in [5.74, 6) is 1.21. The maximum absolute atomic E-state index is 12.3. The van der Waals surface area contributed by atoms with Crippen molar-refractivity contribution in [2.24, 2.45) is 0 Å². The first-order valence-electron chi connectivity index (χ1n) is 9.30. The highest BCUT2D eigenvalue weighted by Gasteiger charge is 2.11. The van der Waals surface area contributed by atoms with Crippen LogP contribution in [0.3, 0.4) is 0 Å². The zero-order chi connectivity index (χ0) is 19.2. The standard InChI is InChI=1S/C24H21NO3/c26-22(24-16-19-8-4-5-9-23(19)28-24)14-15-25-20-10-12-21(13-11-20)27-17-18-6-2-1-3-7-18/h1-13,16,25H,14-15,17H2. The largest absolute Gasteiger partial charge is 0.489 e. The fraction of sp³-hybridized carbons (Fsp3) is 0.125. The summed E-state index contributed by atoms with van der Waals surface area (Å²) in [5, 5.41) is 4.21. The van der Waals surface area contributed by atoms with Gasteiger partial charge in [0.1, 0.15) is 17.9 Å². The Bertz CT molecular complexity index is 1020. The summed E-state index contributed by atoms with van der Waals surface area (Å²) in [6, 6.07) is 27.2. The van der Waals surface area contributed by atoms with Gasteiger partial charge in [-0.3, -0.25) is 4.79 Å². The van der Waals surface area contributed by atoms with Crippen molar-refractivity contribution in [3.8, 4) is 5.75 Å². The number of fused-ring (bicyclic) bond motifs is 1. The number of ketones is 1. The van der Waals surface area contributed by atoms with Crippen LogP contribution in [0.15, 0.2) is 89.3 Å². The summed E-state index contributed by atoms with van der Waals surface area (Å²) in [5.41, 5.74) is 2.82. The summed E-state index contributed by atoms with van der Waals surface area (Å²) in [6.45, 7) is 1.08. The number of benzene rings is 3. The average molecular weight is 371 g/mol. The van der Waals surface area contributed by atoms with Gasteiger partial charge in [-0.25, -0.2) is 0 Å². The maximum Gasteiger partial charge on any atom is 0.199 e. The highest BCUT2D eigenvalue weighted by atomic mass is 16.5. The Kier molecular flexibility index (Phi) is 5.38. The predicted molar refractivity (Wildman–Crippen MR) is 111 cm³/mol. The van der Waals surface area contributed by atoms with Crippen molar-refractivity contribution in [1.29, 1.82) is 0 Å². The number of hydrogen-bond acceptors (Lipinski definition) is 4. The summed E-state index contributed by atoms with van der Waals surface area (Å²) in [7, 11) is 0. The summed E-state index contributed by atoms with van der Waals surface area (Å²) in [4.78, 5) is 12.3. The van der Waals surface area contributed by atoms with Crippen molar-refractivity contribution in [1.82, 2.24) is 0 Å². The number of anilines is 1. The van der Waals surface area contributed by atoms with Gasteiger partial charge in [-0.2, -0.15) is 0 Å². The molecule has 0 bridgehead atoms. The Morgan fingerprint density at radius 1 is 0.893 bits per heavy atom. The minimum atomic E-state index is -0.00786. The third-order valence-electron chi connectivity index (χ3n) is 4.48. The molecule has 0 atom stereocenters. The van der Waals surface area contributed by atoms with Gasteiger partial charge >= 0.3 is 0 Å². The molecule has 0 saturated carbocycles. The van der Waals surface area contributed by atoms with E-state index in [-0.39, 0.29) is 5.78 Å². The second-order valence-electron chi connectivity index (χ2n) is 6.55. The van der Waals surface area contributed by atoms with Gasteiger partial charge in [0.25, 0.3) is 0 Å². The van der Waals surface area contributed by atoms with E-state index < -0.39 is 0 Å². The lowest BCUT2D eigenvalue weighted by Gasteiger charge is -2.09. The number of Topliss-reactive ketones (excluding diaryl/α,β-unsaturated/α-hetero) is 1. The number of rotatable bonds is 8. The van der Waals surface area contributed by atoms with Crippen LogP contribution in [0.5, 0.6) is 5.75 Å². The molecule has 4 nitrogen and oxygen atoms in total. The SMILES string of the molecule is O=C(CCNc1ccc(OCc2ccccc2)cc1)c1cc2ccccc2o1. The van der Waals surface area contributed by atoms with Crippen molar-refractivity contribution in [2.45, 2.75) is 13.0 Å². The molecule has 3 aromatic carbocycles. The Morgan fingerprint density at radius 2 is 1.64 bits per heavy atom. The highest BCUT2D eigenvalue weighted by molar-refractivity contribution is 5.97. The van der Waals surface area contributed by atoms with Crippen LogP contribution < -0.4 is 10.1 Å². The van der Waals surface area contributed by atoms with Gasteiger partial charge in [-0.1, -0.05) is 48.5 Å². The van der Waals surface area contributed by atoms with E-state index >= 15 is 0 Å². The van der Waals surface area contributed by atoms with E-state index in [1.807, 2.05) is 78.9 Å². The van der Waals surface area contributed by atoms with E-state index in [9.17, 15) is 4.79 Å². The first-order chi connectivity index (χ1) is 13.8. The van der Waals surface area contributed by atoms with E-state index in [1.54, 1.807) is 6.07 Å². The van der Waals surface area contributed by atoms with Crippen LogP contribution in [0.1, 0.15) is 22.5 Å². The molecule has 0 spiro atoms. The van der Waals surface area contributed by atoms with Crippen LogP contribution in [0.4, 0.5) is 5.69 Å².